The fourth-order valence-electron chi connectivity index (χ4n) is 2.85. The van der Waals surface area contributed by atoms with E-state index in [1.165, 1.54) is 12.0 Å². The summed E-state index contributed by atoms with van der Waals surface area (Å²) in [7, 11) is -2.84. The number of nitrogens with one attached hydrogen (secondary N) is 1. The fourth-order valence-corrected chi connectivity index (χ4v) is 4.49. The van der Waals surface area contributed by atoms with Gasteiger partial charge < -0.3 is 10.1 Å². The van der Waals surface area contributed by atoms with Crippen LogP contribution in [0.1, 0.15) is 25.3 Å². The first-order chi connectivity index (χ1) is 9.38. The van der Waals surface area contributed by atoms with Crippen molar-refractivity contribution in [3.8, 4) is 5.75 Å². The number of sulfone groups is 1. The van der Waals surface area contributed by atoms with E-state index in [0.717, 1.165) is 23.2 Å². The first-order valence-corrected chi connectivity index (χ1v) is 9.42. The zero-order chi connectivity index (χ0) is 14.4. The van der Waals surface area contributed by atoms with Crippen LogP contribution < -0.4 is 10.1 Å². The van der Waals surface area contributed by atoms with Crippen LogP contribution in [0.5, 0.6) is 5.75 Å². The van der Waals surface area contributed by atoms with Gasteiger partial charge in [0.15, 0.2) is 9.84 Å². The van der Waals surface area contributed by atoms with Gasteiger partial charge in [0.2, 0.25) is 0 Å². The van der Waals surface area contributed by atoms with Crippen LogP contribution in [0.2, 0.25) is 0 Å². The lowest BCUT2D eigenvalue weighted by atomic mass is 9.90. The Morgan fingerprint density at radius 2 is 2.15 bits per heavy atom. The SMILES string of the molecule is CC1(c2ccc(OC3CS(=O)(=O)C3)c(Br)c2)CCCN1. The molecule has 0 amide bonds. The van der Waals surface area contributed by atoms with E-state index < -0.39 is 9.84 Å². The maximum absolute atomic E-state index is 11.1. The second-order valence-corrected chi connectivity index (χ2v) is 8.83. The number of benzene rings is 1. The molecule has 0 radical (unpaired) electrons. The molecule has 4 nitrogen and oxygen atoms in total. The van der Waals surface area contributed by atoms with Crippen molar-refractivity contribution in [3.63, 3.8) is 0 Å². The van der Waals surface area contributed by atoms with Gasteiger partial charge in [-0.15, -0.1) is 0 Å². The van der Waals surface area contributed by atoms with E-state index in [9.17, 15) is 8.42 Å². The van der Waals surface area contributed by atoms with Gasteiger partial charge in [0.25, 0.3) is 0 Å². The monoisotopic (exact) mass is 359 g/mol. The van der Waals surface area contributed by atoms with E-state index in [-0.39, 0.29) is 23.1 Å². The molecule has 2 aliphatic rings. The van der Waals surface area contributed by atoms with E-state index in [0.29, 0.717) is 0 Å². The molecule has 1 unspecified atom stereocenters. The molecule has 1 aromatic carbocycles. The highest BCUT2D eigenvalue weighted by molar-refractivity contribution is 9.10. The largest absolute Gasteiger partial charge is 0.487 e. The van der Waals surface area contributed by atoms with Gasteiger partial charge in [-0.05, 0) is 59.9 Å². The minimum Gasteiger partial charge on any atom is -0.487 e. The zero-order valence-corrected chi connectivity index (χ0v) is 13.8. The van der Waals surface area contributed by atoms with Gasteiger partial charge in [0, 0.05) is 5.54 Å². The summed E-state index contributed by atoms with van der Waals surface area (Å²) >= 11 is 3.53. The number of rotatable bonds is 3. The van der Waals surface area contributed by atoms with Crippen molar-refractivity contribution in [2.45, 2.75) is 31.4 Å². The smallest absolute Gasteiger partial charge is 0.157 e. The molecule has 0 spiro atoms. The van der Waals surface area contributed by atoms with Crippen LogP contribution in [0.15, 0.2) is 22.7 Å². The molecule has 6 heteroatoms. The minimum absolute atomic E-state index is 0.0286. The number of halogens is 1. The maximum atomic E-state index is 11.1. The van der Waals surface area contributed by atoms with E-state index >= 15 is 0 Å². The van der Waals surface area contributed by atoms with Gasteiger partial charge in [0.1, 0.15) is 11.9 Å². The lowest BCUT2D eigenvalue weighted by Gasteiger charge is -2.28. The average molecular weight is 360 g/mol. The number of hydrogen-bond donors (Lipinski definition) is 1. The molecule has 0 aromatic heterocycles. The molecule has 2 saturated heterocycles. The molecular weight excluding hydrogens is 342 g/mol. The van der Waals surface area contributed by atoms with E-state index in [1.54, 1.807) is 0 Å². The lowest BCUT2D eigenvalue weighted by molar-refractivity contribution is 0.228. The summed E-state index contributed by atoms with van der Waals surface area (Å²) in [4.78, 5) is 0. The molecule has 1 atom stereocenters. The second kappa shape index (κ2) is 5.00. The third-order valence-electron chi connectivity index (χ3n) is 4.11. The van der Waals surface area contributed by atoms with Crippen molar-refractivity contribution in [1.82, 2.24) is 5.32 Å². The number of hydrogen-bond acceptors (Lipinski definition) is 4. The highest BCUT2D eigenvalue weighted by atomic mass is 79.9. The van der Waals surface area contributed by atoms with Crippen molar-refractivity contribution in [3.05, 3.63) is 28.2 Å². The van der Waals surface area contributed by atoms with Crippen LogP contribution >= 0.6 is 15.9 Å². The van der Waals surface area contributed by atoms with E-state index in [4.69, 9.17) is 4.74 Å². The summed E-state index contributed by atoms with van der Waals surface area (Å²) in [6, 6.07) is 6.06. The molecular formula is C14H18BrNO3S. The fraction of sp³-hybridized carbons (Fsp3) is 0.571. The zero-order valence-electron chi connectivity index (χ0n) is 11.4. The third-order valence-corrected chi connectivity index (χ3v) is 6.49. The van der Waals surface area contributed by atoms with Crippen molar-refractivity contribution < 1.29 is 13.2 Å². The van der Waals surface area contributed by atoms with Crippen molar-refractivity contribution >= 4 is 25.8 Å². The Labute approximate surface area is 127 Å². The van der Waals surface area contributed by atoms with Crippen molar-refractivity contribution in [2.24, 2.45) is 0 Å². The molecule has 2 heterocycles. The van der Waals surface area contributed by atoms with Crippen LogP contribution in [0.25, 0.3) is 0 Å². The van der Waals surface area contributed by atoms with Gasteiger partial charge in [-0.3, -0.25) is 0 Å². The summed E-state index contributed by atoms with van der Waals surface area (Å²) in [5, 5.41) is 3.53. The molecule has 1 N–H and O–H groups in total. The topological polar surface area (TPSA) is 55.4 Å². The normalized spacial score (nSPS) is 29.1. The first kappa shape index (κ1) is 14.4. The molecule has 2 aliphatic heterocycles. The van der Waals surface area contributed by atoms with Crippen LogP contribution in [0.3, 0.4) is 0 Å². The summed E-state index contributed by atoms with van der Waals surface area (Å²) in [5.41, 5.74) is 1.26. The van der Waals surface area contributed by atoms with Crippen LogP contribution in [0.4, 0.5) is 0 Å². The summed E-state index contributed by atoms with van der Waals surface area (Å²) in [6.45, 7) is 3.26. The molecule has 0 saturated carbocycles. The molecule has 3 rings (SSSR count). The maximum Gasteiger partial charge on any atom is 0.157 e. The molecule has 110 valence electrons. The van der Waals surface area contributed by atoms with Gasteiger partial charge in [0.05, 0.1) is 16.0 Å². The van der Waals surface area contributed by atoms with Gasteiger partial charge in [-0.2, -0.15) is 0 Å². The molecule has 0 bridgehead atoms. The molecule has 0 aliphatic carbocycles. The Hall–Kier alpha value is -0.590. The first-order valence-electron chi connectivity index (χ1n) is 6.80. The lowest BCUT2D eigenvalue weighted by Crippen LogP contribution is -2.45. The Morgan fingerprint density at radius 1 is 1.40 bits per heavy atom. The Balaban J connectivity index is 1.75. The summed E-state index contributed by atoms with van der Waals surface area (Å²) in [6.07, 6.45) is 2.11. The Kier molecular flexibility index (Phi) is 3.59. The van der Waals surface area contributed by atoms with Gasteiger partial charge >= 0.3 is 0 Å². The average Bonchev–Trinajstić information content (AvgIpc) is 2.77. The van der Waals surface area contributed by atoms with Crippen LogP contribution in [-0.2, 0) is 15.4 Å². The van der Waals surface area contributed by atoms with Crippen LogP contribution in [-0.4, -0.2) is 32.6 Å². The molecule has 1 aromatic rings. The van der Waals surface area contributed by atoms with E-state index in [2.05, 4.69) is 40.3 Å². The van der Waals surface area contributed by atoms with E-state index in [1.807, 2.05) is 6.07 Å². The molecule has 20 heavy (non-hydrogen) atoms. The molecule has 2 fully saturated rings. The standard InChI is InChI=1S/C14H18BrNO3S/c1-14(5-2-6-16-14)10-3-4-13(12(15)7-10)19-11-8-20(17,18)9-11/h3-4,7,11,16H,2,5-6,8-9H2,1H3. The second-order valence-electron chi connectivity index (χ2n) is 5.82. The Morgan fingerprint density at radius 3 is 2.70 bits per heavy atom. The van der Waals surface area contributed by atoms with Gasteiger partial charge in [-0.1, -0.05) is 6.07 Å². The van der Waals surface area contributed by atoms with Crippen LogP contribution in [0, 0.1) is 0 Å². The highest BCUT2D eigenvalue weighted by Crippen LogP contribution is 2.36. The Bertz CT molecular complexity index is 611. The summed E-state index contributed by atoms with van der Waals surface area (Å²) in [5.74, 6) is 0.969. The number of ether oxygens (including phenoxy) is 1. The predicted molar refractivity (Wildman–Crippen MR) is 81.8 cm³/mol. The quantitative estimate of drug-likeness (QED) is 0.898. The predicted octanol–water partition coefficient (Wildman–Crippen LogP) is 2.22. The van der Waals surface area contributed by atoms with Gasteiger partial charge in [-0.25, -0.2) is 8.42 Å². The summed E-state index contributed by atoms with van der Waals surface area (Å²) < 4.78 is 28.9. The van der Waals surface area contributed by atoms with Crippen molar-refractivity contribution in [1.29, 1.82) is 0 Å². The van der Waals surface area contributed by atoms with Crippen molar-refractivity contribution in [2.75, 3.05) is 18.1 Å². The minimum atomic E-state index is -2.84. The third kappa shape index (κ3) is 2.73. The highest BCUT2D eigenvalue weighted by Gasteiger charge is 2.36.